The molecule has 0 saturated carbocycles. The molecule has 0 aliphatic carbocycles. The first kappa shape index (κ1) is 18.8. The number of nitrogens with zero attached hydrogens (tertiary/aromatic N) is 3. The van der Waals surface area contributed by atoms with Gasteiger partial charge in [-0.25, -0.2) is 9.13 Å². The first-order valence-electron chi connectivity index (χ1n) is 7.15. The van der Waals surface area contributed by atoms with E-state index in [9.17, 15) is 0 Å². The van der Waals surface area contributed by atoms with Gasteiger partial charge >= 0.3 is 5.82 Å². The van der Waals surface area contributed by atoms with Gasteiger partial charge in [0, 0.05) is 5.56 Å². The molecular weight excluding hydrogens is 314 g/mol. The Balaban J connectivity index is 0.00000264. The average molecular weight is 334 g/mol. The van der Waals surface area contributed by atoms with Crippen molar-refractivity contribution in [1.82, 2.24) is 4.57 Å². The van der Waals surface area contributed by atoms with Crippen molar-refractivity contribution in [3.8, 4) is 11.8 Å². The number of aryl methyl sites for hydroxylation is 1. The Bertz CT molecular complexity index is 687. The third-order valence-corrected chi connectivity index (χ3v) is 3.24. The Morgan fingerprint density at radius 3 is 2.78 bits per heavy atom. The lowest BCUT2D eigenvalue weighted by atomic mass is 10.2. The van der Waals surface area contributed by atoms with E-state index in [0.717, 1.165) is 17.8 Å². The fraction of sp³-hybridized carbons (Fsp3) is 0.294. The Kier molecular flexibility index (Phi) is 7.89. The Morgan fingerprint density at radius 2 is 2.13 bits per heavy atom. The van der Waals surface area contributed by atoms with E-state index in [2.05, 4.69) is 17.0 Å². The van der Waals surface area contributed by atoms with E-state index in [4.69, 9.17) is 9.94 Å². The van der Waals surface area contributed by atoms with Crippen LogP contribution in [0.3, 0.4) is 0 Å². The van der Waals surface area contributed by atoms with Crippen molar-refractivity contribution in [2.24, 2.45) is 12.2 Å². The van der Waals surface area contributed by atoms with Crippen molar-refractivity contribution in [3.05, 3.63) is 54.1 Å². The molecule has 1 N–H and O–H groups in total. The van der Waals surface area contributed by atoms with Crippen LogP contribution in [0.2, 0.25) is 0 Å². The number of imidazole rings is 1. The van der Waals surface area contributed by atoms with Crippen LogP contribution in [0.4, 0.5) is 0 Å². The molecule has 1 aromatic heterocycles. The van der Waals surface area contributed by atoms with E-state index in [1.54, 1.807) is 0 Å². The molecule has 0 aliphatic heterocycles. The second-order valence-corrected chi connectivity index (χ2v) is 4.81. The Hall–Kier alpha value is -2.29. The quantitative estimate of drug-likeness (QED) is 0.249. The minimum absolute atomic E-state index is 0. The molecule has 6 heteroatoms. The molecule has 0 saturated heterocycles. The van der Waals surface area contributed by atoms with Gasteiger partial charge in [0.2, 0.25) is 0 Å². The Morgan fingerprint density at radius 1 is 1.39 bits per heavy atom. The fourth-order valence-corrected chi connectivity index (χ4v) is 1.98. The van der Waals surface area contributed by atoms with E-state index >= 15 is 0 Å². The molecule has 2 rings (SSSR count). The summed E-state index contributed by atoms with van der Waals surface area (Å²) in [5.74, 6) is 7.00. The second-order valence-electron chi connectivity index (χ2n) is 4.81. The number of rotatable bonds is 5. The number of benzene rings is 1. The third kappa shape index (κ3) is 5.44. The maximum atomic E-state index is 8.70. The summed E-state index contributed by atoms with van der Waals surface area (Å²) in [4.78, 5) is 0. The Labute approximate surface area is 142 Å². The van der Waals surface area contributed by atoms with Crippen LogP contribution in [0, 0.1) is 11.8 Å². The SMILES string of the molecule is CCC(C#Cc1ccccc1)OCn1cc[n+](C)c1/C=N\O.[Cl-]. The predicted octanol–water partition coefficient (Wildman–Crippen LogP) is -1.07. The summed E-state index contributed by atoms with van der Waals surface area (Å²) in [5, 5.41) is 11.8. The van der Waals surface area contributed by atoms with Gasteiger partial charge in [-0.05, 0) is 18.6 Å². The molecule has 1 atom stereocenters. The molecule has 0 fully saturated rings. The summed E-state index contributed by atoms with van der Waals surface area (Å²) in [5.41, 5.74) is 0.977. The molecule has 0 aliphatic rings. The van der Waals surface area contributed by atoms with Gasteiger partial charge in [-0.1, -0.05) is 42.1 Å². The highest BCUT2D eigenvalue weighted by atomic mass is 35.5. The molecule has 0 radical (unpaired) electrons. The van der Waals surface area contributed by atoms with Crippen molar-refractivity contribution in [2.45, 2.75) is 26.2 Å². The maximum Gasteiger partial charge on any atom is 0.305 e. The normalized spacial score (nSPS) is 11.6. The van der Waals surface area contributed by atoms with E-state index in [1.165, 1.54) is 6.21 Å². The van der Waals surface area contributed by atoms with Crippen LogP contribution in [0.5, 0.6) is 0 Å². The van der Waals surface area contributed by atoms with Gasteiger partial charge in [0.1, 0.15) is 18.5 Å². The highest BCUT2D eigenvalue weighted by Gasteiger charge is 2.13. The van der Waals surface area contributed by atoms with Gasteiger partial charge < -0.3 is 22.4 Å². The fourth-order valence-electron chi connectivity index (χ4n) is 1.98. The monoisotopic (exact) mass is 333 g/mol. The summed E-state index contributed by atoms with van der Waals surface area (Å²) in [6.07, 6.45) is 5.77. The average Bonchev–Trinajstić information content (AvgIpc) is 2.90. The highest BCUT2D eigenvalue weighted by molar-refractivity contribution is 5.72. The van der Waals surface area contributed by atoms with Crippen molar-refractivity contribution >= 4 is 6.21 Å². The van der Waals surface area contributed by atoms with Crippen molar-refractivity contribution < 1.29 is 26.9 Å². The van der Waals surface area contributed by atoms with Crippen LogP contribution in [0.1, 0.15) is 24.7 Å². The minimum atomic E-state index is -0.146. The van der Waals surface area contributed by atoms with Crippen molar-refractivity contribution in [2.75, 3.05) is 0 Å². The molecule has 0 bridgehead atoms. The van der Waals surface area contributed by atoms with E-state index in [1.807, 2.05) is 65.8 Å². The summed E-state index contributed by atoms with van der Waals surface area (Å²) in [6, 6.07) is 9.84. The molecule has 1 aromatic carbocycles. The topological polar surface area (TPSA) is 50.6 Å². The first-order chi connectivity index (χ1) is 10.7. The lowest BCUT2D eigenvalue weighted by Crippen LogP contribution is -3.00. The van der Waals surface area contributed by atoms with Gasteiger partial charge in [0.15, 0.2) is 12.9 Å². The lowest BCUT2D eigenvalue weighted by molar-refractivity contribution is -0.672. The largest absolute Gasteiger partial charge is 1.00 e. The second kappa shape index (κ2) is 9.67. The summed E-state index contributed by atoms with van der Waals surface area (Å²) in [7, 11) is 1.88. The molecule has 2 aromatic rings. The highest BCUT2D eigenvalue weighted by Crippen LogP contribution is 2.02. The molecule has 0 amide bonds. The lowest BCUT2D eigenvalue weighted by Gasteiger charge is -2.08. The summed E-state index contributed by atoms with van der Waals surface area (Å²) in [6.45, 7) is 2.39. The van der Waals surface area contributed by atoms with E-state index < -0.39 is 0 Å². The zero-order valence-corrected chi connectivity index (χ0v) is 13.9. The molecule has 5 nitrogen and oxygen atoms in total. The van der Waals surface area contributed by atoms with Gasteiger partial charge in [0.05, 0.1) is 7.05 Å². The number of oxime groups is 1. The zero-order valence-electron chi connectivity index (χ0n) is 13.2. The van der Waals surface area contributed by atoms with Crippen LogP contribution in [0.15, 0.2) is 47.9 Å². The van der Waals surface area contributed by atoms with Gasteiger partial charge in [-0.2, -0.15) is 0 Å². The van der Waals surface area contributed by atoms with E-state index in [0.29, 0.717) is 6.73 Å². The number of aromatic nitrogens is 2. The van der Waals surface area contributed by atoms with E-state index in [-0.39, 0.29) is 18.5 Å². The van der Waals surface area contributed by atoms with Crippen LogP contribution < -0.4 is 17.0 Å². The molecular formula is C17H20ClN3O2. The zero-order chi connectivity index (χ0) is 15.8. The van der Waals surface area contributed by atoms with Crippen molar-refractivity contribution in [1.29, 1.82) is 0 Å². The van der Waals surface area contributed by atoms with Gasteiger partial charge in [-0.15, -0.1) is 0 Å². The molecule has 122 valence electrons. The van der Waals surface area contributed by atoms with Crippen LogP contribution in [-0.2, 0) is 18.5 Å². The smallest absolute Gasteiger partial charge is 0.305 e. The minimum Gasteiger partial charge on any atom is -1.00 e. The molecule has 1 heterocycles. The molecule has 1 unspecified atom stereocenters. The predicted molar refractivity (Wildman–Crippen MR) is 83.5 cm³/mol. The van der Waals surface area contributed by atoms with Crippen LogP contribution in [-0.4, -0.2) is 22.1 Å². The number of hydrogen-bond donors (Lipinski definition) is 1. The third-order valence-electron chi connectivity index (χ3n) is 3.24. The standard InChI is InChI=1S/C17H19N3O2.ClH/c1-3-16(10-9-15-7-5-4-6-8-15)22-14-20-12-11-19(2)17(20)13-18-21;/h4-8,11-13,16H,3,14H2,1-2H3;1H. The van der Waals surface area contributed by atoms with Crippen LogP contribution in [0.25, 0.3) is 0 Å². The van der Waals surface area contributed by atoms with Gasteiger partial charge in [-0.3, -0.25) is 0 Å². The van der Waals surface area contributed by atoms with Gasteiger partial charge in [0.25, 0.3) is 0 Å². The molecule has 0 spiro atoms. The molecule has 23 heavy (non-hydrogen) atoms. The number of halogens is 1. The first-order valence-corrected chi connectivity index (χ1v) is 7.15. The number of hydrogen-bond acceptors (Lipinski definition) is 3. The maximum absolute atomic E-state index is 8.70. The van der Waals surface area contributed by atoms with Crippen molar-refractivity contribution in [3.63, 3.8) is 0 Å². The van der Waals surface area contributed by atoms with Crippen LogP contribution >= 0.6 is 0 Å². The number of ether oxygens (including phenoxy) is 1. The summed E-state index contributed by atoms with van der Waals surface area (Å²) < 4.78 is 9.53. The summed E-state index contributed by atoms with van der Waals surface area (Å²) >= 11 is 0.